The molecule has 0 spiro atoms. The molecule has 2 aromatic carbocycles. The summed E-state index contributed by atoms with van der Waals surface area (Å²) in [6.45, 7) is 0.148. The molecule has 0 aromatic heterocycles. The number of hydrogen-bond donors (Lipinski definition) is 1. The molecule has 2 aromatic rings. The van der Waals surface area contributed by atoms with Crippen LogP contribution in [0.25, 0.3) is 0 Å². The number of carbonyl (C=O) groups excluding carboxylic acids is 1. The van der Waals surface area contributed by atoms with E-state index in [1.54, 1.807) is 18.2 Å². The number of hydrazone groups is 1. The van der Waals surface area contributed by atoms with Crippen molar-refractivity contribution < 1.29 is 19.2 Å². The molecule has 0 unspecified atom stereocenters. The zero-order valence-electron chi connectivity index (χ0n) is 11.8. The Morgan fingerprint density at radius 1 is 1.22 bits per heavy atom. The molecule has 1 heterocycles. The van der Waals surface area contributed by atoms with Crippen molar-refractivity contribution >= 4 is 17.8 Å². The maximum atomic E-state index is 11.9. The largest absolute Gasteiger partial charge is 0.454 e. The van der Waals surface area contributed by atoms with Crippen LogP contribution in [0.1, 0.15) is 15.9 Å². The number of non-ortho nitro benzene ring substituents is 1. The Hall–Kier alpha value is -3.42. The maximum Gasteiger partial charge on any atom is 0.271 e. The lowest BCUT2D eigenvalue weighted by Gasteiger charge is -2.01. The summed E-state index contributed by atoms with van der Waals surface area (Å²) in [4.78, 5) is 21.9. The van der Waals surface area contributed by atoms with Crippen molar-refractivity contribution in [3.05, 3.63) is 63.7 Å². The Bertz CT molecular complexity index is 786. The van der Waals surface area contributed by atoms with Crippen molar-refractivity contribution in [3.63, 3.8) is 0 Å². The van der Waals surface area contributed by atoms with Crippen molar-refractivity contribution in [2.75, 3.05) is 6.79 Å². The average molecular weight is 313 g/mol. The van der Waals surface area contributed by atoms with Gasteiger partial charge in [0.05, 0.1) is 11.1 Å². The molecule has 0 saturated heterocycles. The van der Waals surface area contributed by atoms with Gasteiger partial charge < -0.3 is 9.47 Å². The Morgan fingerprint density at radius 2 is 2.00 bits per heavy atom. The van der Waals surface area contributed by atoms with Gasteiger partial charge >= 0.3 is 0 Å². The second-order valence-corrected chi connectivity index (χ2v) is 4.58. The lowest BCUT2D eigenvalue weighted by Crippen LogP contribution is -2.17. The summed E-state index contributed by atoms with van der Waals surface area (Å²) < 4.78 is 10.6. The highest BCUT2D eigenvalue weighted by Gasteiger charge is 2.16. The van der Waals surface area contributed by atoms with E-state index in [-0.39, 0.29) is 18.0 Å². The van der Waals surface area contributed by atoms with Crippen LogP contribution < -0.4 is 14.9 Å². The number of nitro groups is 1. The molecule has 3 rings (SSSR count). The van der Waals surface area contributed by atoms with E-state index in [1.807, 2.05) is 0 Å². The summed E-state index contributed by atoms with van der Waals surface area (Å²) in [7, 11) is 0. The second kappa shape index (κ2) is 6.14. The molecule has 1 N–H and O–H groups in total. The SMILES string of the molecule is O=C(N/N=C\c1cccc2c1OCO2)c1ccc([N+](=O)[O-])cc1. The van der Waals surface area contributed by atoms with Crippen LogP contribution >= 0.6 is 0 Å². The lowest BCUT2D eigenvalue weighted by atomic mass is 10.2. The topological polar surface area (TPSA) is 103 Å². The van der Waals surface area contributed by atoms with E-state index < -0.39 is 10.8 Å². The number of nitrogens with zero attached hydrogens (tertiary/aromatic N) is 2. The van der Waals surface area contributed by atoms with Gasteiger partial charge in [0.2, 0.25) is 6.79 Å². The van der Waals surface area contributed by atoms with E-state index in [2.05, 4.69) is 10.5 Å². The third kappa shape index (κ3) is 3.10. The van der Waals surface area contributed by atoms with Gasteiger partial charge in [-0.25, -0.2) is 5.43 Å². The summed E-state index contributed by atoms with van der Waals surface area (Å²) in [6.07, 6.45) is 1.44. The van der Waals surface area contributed by atoms with Gasteiger partial charge in [0.25, 0.3) is 11.6 Å². The van der Waals surface area contributed by atoms with Crippen LogP contribution in [0.4, 0.5) is 5.69 Å². The molecular formula is C15H11N3O5. The number of nitrogens with one attached hydrogen (secondary N) is 1. The van der Waals surface area contributed by atoms with Crippen LogP contribution in [0.3, 0.4) is 0 Å². The fourth-order valence-electron chi connectivity index (χ4n) is 2.01. The molecule has 1 amide bonds. The fraction of sp³-hybridized carbons (Fsp3) is 0.0667. The number of carbonyl (C=O) groups is 1. The molecular weight excluding hydrogens is 302 g/mol. The van der Waals surface area contributed by atoms with E-state index in [0.717, 1.165) is 0 Å². The van der Waals surface area contributed by atoms with Crippen LogP contribution in [0.5, 0.6) is 11.5 Å². The summed E-state index contributed by atoms with van der Waals surface area (Å²) in [5, 5.41) is 14.4. The molecule has 23 heavy (non-hydrogen) atoms. The van der Waals surface area contributed by atoms with Crippen LogP contribution in [0.2, 0.25) is 0 Å². The zero-order valence-corrected chi connectivity index (χ0v) is 11.8. The first-order chi connectivity index (χ1) is 11.1. The van der Waals surface area contributed by atoms with Crippen molar-refractivity contribution in [2.24, 2.45) is 5.10 Å². The zero-order chi connectivity index (χ0) is 16.2. The van der Waals surface area contributed by atoms with E-state index in [0.29, 0.717) is 17.1 Å². The van der Waals surface area contributed by atoms with Gasteiger partial charge in [-0.1, -0.05) is 6.07 Å². The van der Waals surface area contributed by atoms with E-state index in [4.69, 9.17) is 9.47 Å². The fourth-order valence-corrected chi connectivity index (χ4v) is 2.01. The number of para-hydroxylation sites is 1. The number of ether oxygens (including phenoxy) is 2. The smallest absolute Gasteiger partial charge is 0.271 e. The maximum absolute atomic E-state index is 11.9. The van der Waals surface area contributed by atoms with E-state index in [9.17, 15) is 14.9 Å². The average Bonchev–Trinajstić information content (AvgIpc) is 3.04. The third-order valence-corrected chi connectivity index (χ3v) is 3.14. The molecule has 116 valence electrons. The minimum Gasteiger partial charge on any atom is -0.454 e. The summed E-state index contributed by atoms with van der Waals surface area (Å²) >= 11 is 0. The van der Waals surface area contributed by atoms with E-state index in [1.165, 1.54) is 30.5 Å². The standard InChI is InChI=1S/C15H11N3O5/c19-15(10-4-6-12(7-5-10)18(20)21)17-16-8-11-2-1-3-13-14(11)23-9-22-13/h1-8H,9H2,(H,17,19)/b16-8-. The van der Waals surface area contributed by atoms with Crippen LogP contribution in [0, 0.1) is 10.1 Å². The van der Waals surface area contributed by atoms with Gasteiger partial charge in [0.1, 0.15) is 0 Å². The number of rotatable bonds is 4. The monoisotopic (exact) mass is 313 g/mol. The highest BCUT2D eigenvalue weighted by atomic mass is 16.7. The second-order valence-electron chi connectivity index (χ2n) is 4.58. The predicted molar refractivity (Wildman–Crippen MR) is 80.7 cm³/mol. The Balaban J connectivity index is 1.67. The van der Waals surface area contributed by atoms with Gasteiger partial charge in [-0.05, 0) is 24.3 Å². The quantitative estimate of drug-likeness (QED) is 0.529. The normalized spacial score (nSPS) is 12.3. The molecule has 8 heteroatoms. The number of benzene rings is 2. The van der Waals surface area contributed by atoms with Crippen molar-refractivity contribution in [1.82, 2.24) is 5.43 Å². The molecule has 0 bridgehead atoms. The molecule has 1 aliphatic heterocycles. The highest BCUT2D eigenvalue weighted by molar-refractivity contribution is 5.95. The number of hydrogen-bond acceptors (Lipinski definition) is 6. The van der Waals surface area contributed by atoms with Gasteiger partial charge in [-0.3, -0.25) is 14.9 Å². The molecule has 0 fully saturated rings. The first-order valence-corrected chi connectivity index (χ1v) is 6.61. The number of amides is 1. The number of nitro benzene ring substituents is 1. The van der Waals surface area contributed by atoms with Crippen LogP contribution in [-0.4, -0.2) is 23.8 Å². The first kappa shape index (κ1) is 14.5. The summed E-state index contributed by atoms with van der Waals surface area (Å²) in [5.74, 6) is 0.720. The van der Waals surface area contributed by atoms with Crippen molar-refractivity contribution in [3.8, 4) is 11.5 Å². The Morgan fingerprint density at radius 3 is 2.74 bits per heavy atom. The Kier molecular flexibility index (Phi) is 3.88. The molecule has 8 nitrogen and oxygen atoms in total. The highest BCUT2D eigenvalue weighted by Crippen LogP contribution is 2.34. The minimum atomic E-state index is -0.530. The molecule has 0 atom stereocenters. The lowest BCUT2D eigenvalue weighted by molar-refractivity contribution is -0.384. The third-order valence-electron chi connectivity index (χ3n) is 3.14. The van der Waals surface area contributed by atoms with Gasteiger partial charge in [0, 0.05) is 23.3 Å². The summed E-state index contributed by atoms with van der Waals surface area (Å²) in [6, 6.07) is 10.6. The minimum absolute atomic E-state index is 0.0814. The van der Waals surface area contributed by atoms with Crippen LogP contribution in [-0.2, 0) is 0 Å². The predicted octanol–water partition coefficient (Wildman–Crippen LogP) is 2.09. The number of fused-ring (bicyclic) bond motifs is 1. The first-order valence-electron chi connectivity index (χ1n) is 6.61. The van der Waals surface area contributed by atoms with Gasteiger partial charge in [0.15, 0.2) is 11.5 Å². The van der Waals surface area contributed by atoms with Gasteiger partial charge in [-0.15, -0.1) is 0 Å². The van der Waals surface area contributed by atoms with E-state index >= 15 is 0 Å². The van der Waals surface area contributed by atoms with Gasteiger partial charge in [-0.2, -0.15) is 5.10 Å². The molecule has 1 aliphatic rings. The Labute approximate surface area is 130 Å². The van der Waals surface area contributed by atoms with Crippen molar-refractivity contribution in [2.45, 2.75) is 0 Å². The molecule has 0 saturated carbocycles. The molecule has 0 aliphatic carbocycles. The van der Waals surface area contributed by atoms with Crippen LogP contribution in [0.15, 0.2) is 47.6 Å². The summed E-state index contributed by atoms with van der Waals surface area (Å²) in [5.41, 5.74) is 3.21. The van der Waals surface area contributed by atoms with Crippen molar-refractivity contribution in [1.29, 1.82) is 0 Å². The molecule has 0 radical (unpaired) electrons.